The zero-order valence-electron chi connectivity index (χ0n) is 21.4. The summed E-state index contributed by atoms with van der Waals surface area (Å²) in [6.07, 6.45) is 4.86. The Kier molecular flexibility index (Phi) is 8.52. The van der Waals surface area contributed by atoms with Gasteiger partial charge in [-0.1, -0.05) is 47.5 Å². The number of carbonyl (C=O) groups excluding carboxylic acids is 2. The quantitative estimate of drug-likeness (QED) is 0.358. The van der Waals surface area contributed by atoms with Crippen LogP contribution in [-0.2, 0) is 26.2 Å². The highest BCUT2D eigenvalue weighted by atomic mass is 35.5. The molecular formula is C29H34Cl2N2O4. The molecule has 198 valence electrons. The molecule has 2 aliphatic rings. The molecule has 2 fully saturated rings. The number of amides is 1. The summed E-state index contributed by atoms with van der Waals surface area (Å²) in [4.78, 5) is 27.8. The fourth-order valence-corrected chi connectivity index (χ4v) is 6.50. The molecule has 3 atom stereocenters. The zero-order valence-corrected chi connectivity index (χ0v) is 22.9. The number of hydrogen-bond acceptors (Lipinski definition) is 5. The topological polar surface area (TPSA) is 67.9 Å². The predicted octanol–water partition coefficient (Wildman–Crippen LogP) is 5.34. The highest BCUT2D eigenvalue weighted by molar-refractivity contribution is 6.42. The normalized spacial score (nSPS) is 25.6. The summed E-state index contributed by atoms with van der Waals surface area (Å²) in [5, 5.41) is 4.14. The monoisotopic (exact) mass is 544 g/mol. The first-order valence-corrected chi connectivity index (χ1v) is 13.4. The van der Waals surface area contributed by atoms with Gasteiger partial charge in [0.05, 0.1) is 23.6 Å². The Hall–Kier alpha value is -2.54. The number of hydrogen-bond donors (Lipinski definition) is 1. The van der Waals surface area contributed by atoms with Gasteiger partial charge in [0.2, 0.25) is 5.91 Å². The number of benzene rings is 2. The zero-order chi connectivity index (χ0) is 26.6. The van der Waals surface area contributed by atoms with Crippen molar-refractivity contribution in [2.75, 3.05) is 26.7 Å². The van der Waals surface area contributed by atoms with Gasteiger partial charge in [0, 0.05) is 31.5 Å². The van der Waals surface area contributed by atoms with Crippen molar-refractivity contribution in [3.63, 3.8) is 0 Å². The van der Waals surface area contributed by atoms with E-state index < -0.39 is 11.0 Å². The van der Waals surface area contributed by atoms with Crippen LogP contribution in [-0.4, -0.2) is 55.2 Å². The van der Waals surface area contributed by atoms with Crippen molar-refractivity contribution < 1.29 is 19.1 Å². The number of carbonyl (C=O) groups is 2. The van der Waals surface area contributed by atoms with Crippen LogP contribution in [0.1, 0.15) is 43.7 Å². The molecule has 0 aromatic heterocycles. The Bertz CT molecular complexity index is 1170. The molecule has 0 bridgehead atoms. The molecule has 1 aliphatic heterocycles. The minimum Gasteiger partial charge on any atom is -0.497 e. The van der Waals surface area contributed by atoms with Gasteiger partial charge in [-0.25, -0.2) is 0 Å². The third kappa shape index (κ3) is 5.82. The van der Waals surface area contributed by atoms with Gasteiger partial charge in [0.15, 0.2) is 0 Å². The lowest BCUT2D eigenvalue weighted by atomic mass is 9.55. The first kappa shape index (κ1) is 27.5. The molecule has 1 saturated carbocycles. The molecule has 37 heavy (non-hydrogen) atoms. The summed E-state index contributed by atoms with van der Waals surface area (Å²) in [5.41, 5.74) is 0.661. The average Bonchev–Trinajstić information content (AvgIpc) is 2.86. The Morgan fingerprint density at radius 3 is 2.70 bits per heavy atom. The van der Waals surface area contributed by atoms with Crippen LogP contribution in [0, 0.1) is 0 Å². The van der Waals surface area contributed by atoms with Gasteiger partial charge in [-0.05, 0) is 67.6 Å². The third-order valence-electron chi connectivity index (χ3n) is 7.76. The number of rotatable bonds is 8. The summed E-state index contributed by atoms with van der Waals surface area (Å²) >= 11 is 12.2. The number of ether oxygens (including phenoxy) is 2. The van der Waals surface area contributed by atoms with Crippen molar-refractivity contribution in [3.05, 3.63) is 76.3 Å². The summed E-state index contributed by atoms with van der Waals surface area (Å²) in [5.74, 6) is 0.381. The Labute approximate surface area is 228 Å². The molecule has 0 spiro atoms. The van der Waals surface area contributed by atoms with Gasteiger partial charge in [-0.15, -0.1) is 6.58 Å². The van der Waals surface area contributed by atoms with Crippen molar-refractivity contribution in [3.8, 4) is 5.75 Å². The molecule has 1 heterocycles. The van der Waals surface area contributed by atoms with Crippen LogP contribution in [0.4, 0.5) is 0 Å². The van der Waals surface area contributed by atoms with E-state index in [0.29, 0.717) is 35.9 Å². The third-order valence-corrected chi connectivity index (χ3v) is 8.50. The van der Waals surface area contributed by atoms with Crippen LogP contribution in [0.5, 0.6) is 5.75 Å². The van der Waals surface area contributed by atoms with E-state index in [0.717, 1.165) is 36.4 Å². The smallest absolute Gasteiger partial charge is 0.303 e. The van der Waals surface area contributed by atoms with E-state index >= 15 is 0 Å². The number of nitrogens with one attached hydrogen (secondary N) is 1. The molecule has 2 aromatic carbocycles. The van der Waals surface area contributed by atoms with Gasteiger partial charge in [0.25, 0.3) is 0 Å². The van der Waals surface area contributed by atoms with E-state index in [2.05, 4.69) is 22.9 Å². The minimum atomic E-state index is -0.725. The molecule has 3 unspecified atom stereocenters. The van der Waals surface area contributed by atoms with Crippen LogP contribution in [0.3, 0.4) is 0 Å². The minimum absolute atomic E-state index is 0.0730. The molecule has 1 N–H and O–H groups in total. The van der Waals surface area contributed by atoms with Crippen LogP contribution in [0.2, 0.25) is 10.0 Å². The van der Waals surface area contributed by atoms with E-state index in [1.807, 2.05) is 30.3 Å². The van der Waals surface area contributed by atoms with Gasteiger partial charge in [-0.2, -0.15) is 0 Å². The molecule has 4 rings (SSSR count). The average molecular weight is 546 g/mol. The van der Waals surface area contributed by atoms with E-state index in [4.69, 9.17) is 32.7 Å². The Morgan fingerprint density at radius 2 is 2.00 bits per heavy atom. The first-order chi connectivity index (χ1) is 17.7. The number of esters is 1. The SMILES string of the molecule is C=CCN1CCC2(c3cccc(OC)c3)CC(NC(=O)Cc3ccc(Cl)c(Cl)c3)CCC2(OC(C)=O)C1. The lowest BCUT2D eigenvalue weighted by Gasteiger charge is -2.59. The molecular weight excluding hydrogens is 511 g/mol. The van der Waals surface area contributed by atoms with E-state index in [-0.39, 0.29) is 24.3 Å². The predicted molar refractivity (Wildman–Crippen MR) is 146 cm³/mol. The largest absolute Gasteiger partial charge is 0.497 e. The summed E-state index contributed by atoms with van der Waals surface area (Å²) in [7, 11) is 1.65. The number of methoxy groups -OCH3 is 1. The summed E-state index contributed by atoms with van der Waals surface area (Å²) in [6, 6.07) is 13.2. The molecule has 8 heteroatoms. The summed E-state index contributed by atoms with van der Waals surface area (Å²) < 4.78 is 11.8. The molecule has 1 saturated heterocycles. The van der Waals surface area contributed by atoms with Crippen LogP contribution in [0.15, 0.2) is 55.1 Å². The number of likely N-dealkylation sites (tertiary alicyclic amines) is 1. The molecule has 2 aromatic rings. The van der Waals surface area contributed by atoms with Gasteiger partial charge in [0.1, 0.15) is 11.4 Å². The second kappa shape index (κ2) is 11.5. The number of fused-ring (bicyclic) bond motifs is 1. The number of piperidine rings is 1. The Morgan fingerprint density at radius 1 is 1.19 bits per heavy atom. The highest BCUT2D eigenvalue weighted by Crippen LogP contribution is 2.54. The van der Waals surface area contributed by atoms with E-state index in [1.165, 1.54) is 6.92 Å². The second-order valence-electron chi connectivity index (χ2n) is 10.1. The van der Waals surface area contributed by atoms with Gasteiger partial charge in [-0.3, -0.25) is 14.5 Å². The maximum absolute atomic E-state index is 13.1. The highest BCUT2D eigenvalue weighted by Gasteiger charge is 2.60. The number of halogens is 2. The van der Waals surface area contributed by atoms with Crippen molar-refractivity contribution in [1.82, 2.24) is 10.2 Å². The first-order valence-electron chi connectivity index (χ1n) is 12.6. The van der Waals surface area contributed by atoms with Crippen molar-refractivity contribution >= 4 is 35.1 Å². The fourth-order valence-electron chi connectivity index (χ4n) is 6.18. The van der Waals surface area contributed by atoms with Crippen molar-refractivity contribution in [1.29, 1.82) is 0 Å². The molecule has 0 radical (unpaired) electrons. The standard InChI is InChI=1S/C29H34Cl2N2O4/c1-4-13-33-14-12-28(22-6-5-7-24(17-22)36-3)18-23(10-11-29(28,19-33)37-20(2)34)32-27(35)16-21-8-9-25(30)26(31)15-21/h4-9,15,17,23H,1,10-14,16,18-19H2,2-3H3,(H,32,35). The molecule has 1 aliphatic carbocycles. The van der Waals surface area contributed by atoms with Gasteiger partial charge < -0.3 is 14.8 Å². The maximum Gasteiger partial charge on any atom is 0.303 e. The van der Waals surface area contributed by atoms with Crippen LogP contribution in [0.25, 0.3) is 0 Å². The van der Waals surface area contributed by atoms with Crippen LogP contribution >= 0.6 is 23.2 Å². The van der Waals surface area contributed by atoms with Crippen molar-refractivity contribution in [2.45, 2.75) is 56.1 Å². The Balaban J connectivity index is 1.65. The molecule has 6 nitrogen and oxygen atoms in total. The van der Waals surface area contributed by atoms with Crippen LogP contribution < -0.4 is 10.1 Å². The lowest BCUT2D eigenvalue weighted by molar-refractivity contribution is -0.186. The van der Waals surface area contributed by atoms with E-state index in [9.17, 15) is 9.59 Å². The summed E-state index contributed by atoms with van der Waals surface area (Å²) in [6.45, 7) is 7.54. The second-order valence-corrected chi connectivity index (χ2v) is 10.9. The number of nitrogens with zero attached hydrogens (tertiary/aromatic N) is 1. The molecule has 1 amide bonds. The van der Waals surface area contributed by atoms with Gasteiger partial charge >= 0.3 is 5.97 Å². The fraction of sp³-hybridized carbons (Fsp3) is 0.448. The lowest BCUT2D eigenvalue weighted by Crippen LogP contribution is -2.68. The van der Waals surface area contributed by atoms with Crippen molar-refractivity contribution in [2.24, 2.45) is 0 Å². The van der Waals surface area contributed by atoms with E-state index in [1.54, 1.807) is 19.2 Å². The maximum atomic E-state index is 13.1.